The first-order chi connectivity index (χ1) is 9.35. The van der Waals surface area contributed by atoms with E-state index in [1.807, 2.05) is 0 Å². The normalized spacial score (nSPS) is 39.8. The van der Waals surface area contributed by atoms with Crippen LogP contribution in [0.2, 0.25) is 0 Å². The highest BCUT2D eigenvalue weighted by molar-refractivity contribution is 5.75. The van der Waals surface area contributed by atoms with Gasteiger partial charge < -0.3 is 10.6 Å². The van der Waals surface area contributed by atoms with Crippen molar-refractivity contribution in [2.75, 3.05) is 13.1 Å². The lowest BCUT2D eigenvalue weighted by Crippen LogP contribution is -2.55. The molecule has 0 saturated heterocycles. The van der Waals surface area contributed by atoms with E-state index in [9.17, 15) is 0 Å². The van der Waals surface area contributed by atoms with Crippen molar-refractivity contribution in [3.63, 3.8) is 0 Å². The maximum absolute atomic E-state index is 7.84. The minimum atomic E-state index is 0.222. The number of hydrogen-bond acceptors (Lipinski definition) is 1. The van der Waals surface area contributed by atoms with E-state index in [0.29, 0.717) is 16.7 Å². The monoisotopic (exact) mass is 273 g/mol. The first-order valence-corrected chi connectivity index (χ1v) is 7.85. The van der Waals surface area contributed by atoms with Gasteiger partial charge in [-0.15, -0.1) is 0 Å². The lowest BCUT2D eigenvalue weighted by Gasteiger charge is -2.59. The second kappa shape index (κ2) is 4.37. The molecule has 0 aromatic carbocycles. The minimum Gasteiger partial charge on any atom is -0.370 e. The Kier molecular flexibility index (Phi) is 3.00. The molecule has 0 spiro atoms. The summed E-state index contributed by atoms with van der Waals surface area (Å²) >= 11 is 0. The van der Waals surface area contributed by atoms with Crippen LogP contribution in [0.5, 0.6) is 0 Å². The molecule has 4 aliphatic rings. The highest BCUT2D eigenvalue weighted by Gasteiger charge is 2.53. The Bertz CT molecular complexity index is 494. The second-order valence-corrected chi connectivity index (χ2v) is 7.70. The van der Waals surface area contributed by atoms with Gasteiger partial charge in [-0.25, -0.2) is 0 Å². The average Bonchev–Trinajstić information content (AvgIpc) is 2.34. The van der Waals surface area contributed by atoms with Crippen LogP contribution in [-0.4, -0.2) is 23.9 Å². The number of hydrogen-bond donors (Lipinski definition) is 2. The summed E-state index contributed by atoms with van der Waals surface area (Å²) in [4.78, 5) is 2.06. The summed E-state index contributed by atoms with van der Waals surface area (Å²) in [5.41, 5.74) is 9.60. The number of nitrogens with two attached hydrogens (primary N) is 1. The van der Waals surface area contributed by atoms with Gasteiger partial charge in [0.25, 0.3) is 0 Å². The van der Waals surface area contributed by atoms with Crippen molar-refractivity contribution in [3.05, 3.63) is 23.3 Å². The zero-order valence-electron chi connectivity index (χ0n) is 13.0. The molecule has 0 radical (unpaired) electrons. The summed E-state index contributed by atoms with van der Waals surface area (Å²) < 4.78 is 0. The van der Waals surface area contributed by atoms with E-state index in [1.54, 1.807) is 5.57 Å². The predicted molar refractivity (Wildman–Crippen MR) is 83.5 cm³/mol. The van der Waals surface area contributed by atoms with Crippen LogP contribution in [0.3, 0.4) is 0 Å². The van der Waals surface area contributed by atoms with Crippen LogP contribution >= 0.6 is 0 Å². The fourth-order valence-corrected chi connectivity index (χ4v) is 4.93. The number of guanidine groups is 1. The summed E-state index contributed by atoms with van der Waals surface area (Å²) in [6.45, 7) is 8.83. The van der Waals surface area contributed by atoms with Gasteiger partial charge >= 0.3 is 0 Å². The van der Waals surface area contributed by atoms with Crippen molar-refractivity contribution in [1.82, 2.24) is 4.90 Å². The topological polar surface area (TPSA) is 53.1 Å². The fraction of sp³-hybridized carbons (Fsp3) is 0.706. The van der Waals surface area contributed by atoms with E-state index in [2.05, 4.69) is 37.8 Å². The molecule has 3 N–H and O–H groups in total. The molecular formula is C17H27N3. The predicted octanol–water partition coefficient (Wildman–Crippen LogP) is 3.28. The molecule has 3 heteroatoms. The third-order valence-electron chi connectivity index (χ3n) is 5.58. The minimum absolute atomic E-state index is 0.222. The highest BCUT2D eigenvalue weighted by Crippen LogP contribution is 2.61. The van der Waals surface area contributed by atoms with Gasteiger partial charge in [0.2, 0.25) is 0 Å². The molecular weight excluding hydrogens is 246 g/mol. The SMILES string of the molecule is CCC1C=CC2=C(C1)C1(C)CC(C)(CN(C(=N)N)C2)C1. The van der Waals surface area contributed by atoms with Gasteiger partial charge in [-0.3, -0.25) is 5.41 Å². The molecule has 2 aliphatic heterocycles. The molecule has 1 saturated carbocycles. The van der Waals surface area contributed by atoms with Gasteiger partial charge in [-0.05, 0) is 48.0 Å². The van der Waals surface area contributed by atoms with E-state index >= 15 is 0 Å². The highest BCUT2D eigenvalue weighted by atomic mass is 15.2. The summed E-state index contributed by atoms with van der Waals surface area (Å²) in [6.07, 6.45) is 9.59. The zero-order valence-corrected chi connectivity index (χ0v) is 13.0. The Balaban J connectivity index is 1.98. The average molecular weight is 273 g/mol. The molecule has 2 aliphatic carbocycles. The third-order valence-corrected chi connectivity index (χ3v) is 5.58. The first-order valence-electron chi connectivity index (χ1n) is 7.85. The van der Waals surface area contributed by atoms with Gasteiger partial charge in [0.05, 0.1) is 0 Å². The quantitative estimate of drug-likeness (QED) is 0.569. The molecule has 1 unspecified atom stereocenters. The first kappa shape index (κ1) is 13.7. The van der Waals surface area contributed by atoms with Crippen LogP contribution in [0, 0.1) is 22.2 Å². The maximum atomic E-state index is 7.84. The summed E-state index contributed by atoms with van der Waals surface area (Å²) in [7, 11) is 0. The third kappa shape index (κ3) is 2.07. The Morgan fingerprint density at radius 2 is 2.15 bits per heavy atom. The molecule has 0 aromatic rings. The van der Waals surface area contributed by atoms with Crippen LogP contribution in [0.1, 0.15) is 46.5 Å². The molecule has 2 bridgehead atoms. The molecule has 20 heavy (non-hydrogen) atoms. The number of allylic oxidation sites excluding steroid dienone is 2. The Hall–Kier alpha value is -1.25. The zero-order chi connectivity index (χ0) is 14.5. The number of nitrogens with zero attached hydrogens (tertiary/aromatic N) is 1. The van der Waals surface area contributed by atoms with Gasteiger partial charge in [-0.2, -0.15) is 0 Å². The van der Waals surface area contributed by atoms with Gasteiger partial charge in [0.15, 0.2) is 5.96 Å². The molecule has 1 atom stereocenters. The van der Waals surface area contributed by atoms with Crippen LogP contribution < -0.4 is 5.73 Å². The van der Waals surface area contributed by atoms with Crippen LogP contribution in [0.15, 0.2) is 23.3 Å². The number of nitrogens with one attached hydrogen (secondary N) is 1. The number of rotatable bonds is 1. The summed E-state index contributed by atoms with van der Waals surface area (Å²) in [5.74, 6) is 0.919. The van der Waals surface area contributed by atoms with E-state index in [1.165, 1.54) is 31.3 Å². The van der Waals surface area contributed by atoms with E-state index in [0.717, 1.165) is 13.1 Å². The Morgan fingerprint density at radius 1 is 1.45 bits per heavy atom. The van der Waals surface area contributed by atoms with Crippen molar-refractivity contribution < 1.29 is 0 Å². The molecule has 2 heterocycles. The second-order valence-electron chi connectivity index (χ2n) is 7.70. The van der Waals surface area contributed by atoms with Crippen molar-refractivity contribution in [2.24, 2.45) is 22.5 Å². The Morgan fingerprint density at radius 3 is 2.75 bits per heavy atom. The smallest absolute Gasteiger partial charge is 0.188 e. The van der Waals surface area contributed by atoms with Gasteiger partial charge in [0.1, 0.15) is 0 Å². The van der Waals surface area contributed by atoms with Gasteiger partial charge in [0, 0.05) is 13.1 Å². The standard InChI is InChI=1S/C17H27N3/c1-4-12-5-6-13-8-20(15(18)19)11-16(2)9-17(3,10-16)14(13)7-12/h5-6,12H,4,7-11H2,1-3H3,(H3,18,19). The van der Waals surface area contributed by atoms with E-state index < -0.39 is 0 Å². The summed E-state index contributed by atoms with van der Waals surface area (Å²) in [5, 5.41) is 7.84. The molecule has 1 fully saturated rings. The largest absolute Gasteiger partial charge is 0.370 e. The van der Waals surface area contributed by atoms with Crippen molar-refractivity contribution in [3.8, 4) is 0 Å². The van der Waals surface area contributed by atoms with E-state index in [-0.39, 0.29) is 5.96 Å². The van der Waals surface area contributed by atoms with Crippen LogP contribution in [0.25, 0.3) is 0 Å². The molecule has 110 valence electrons. The molecule has 0 aromatic heterocycles. The lowest BCUT2D eigenvalue weighted by molar-refractivity contribution is -0.00895. The molecule has 0 amide bonds. The fourth-order valence-electron chi connectivity index (χ4n) is 4.93. The van der Waals surface area contributed by atoms with Crippen molar-refractivity contribution in [2.45, 2.75) is 46.5 Å². The Labute approximate surface area is 122 Å². The maximum Gasteiger partial charge on any atom is 0.188 e. The van der Waals surface area contributed by atoms with Gasteiger partial charge in [-0.1, -0.05) is 38.5 Å². The van der Waals surface area contributed by atoms with E-state index in [4.69, 9.17) is 11.1 Å². The molecule has 4 rings (SSSR count). The molecule has 3 nitrogen and oxygen atoms in total. The van der Waals surface area contributed by atoms with Crippen LogP contribution in [0.4, 0.5) is 0 Å². The van der Waals surface area contributed by atoms with Crippen LogP contribution in [-0.2, 0) is 0 Å². The summed E-state index contributed by atoms with van der Waals surface area (Å²) in [6, 6.07) is 0. The lowest BCUT2D eigenvalue weighted by atomic mass is 9.49. The van der Waals surface area contributed by atoms with Crippen molar-refractivity contribution >= 4 is 5.96 Å². The van der Waals surface area contributed by atoms with Crippen molar-refractivity contribution in [1.29, 1.82) is 5.41 Å². The number of fused-ring (bicyclic) bond motifs is 2.